The fourth-order valence-corrected chi connectivity index (χ4v) is 11.4. The van der Waals surface area contributed by atoms with Gasteiger partial charge in [-0.25, -0.2) is 0 Å². The van der Waals surface area contributed by atoms with Gasteiger partial charge in [0.1, 0.15) is 0 Å². The second-order valence-electron chi connectivity index (χ2n) is 9.11. The molecule has 152 valence electrons. The Morgan fingerprint density at radius 2 is 1.07 bits per heavy atom. The van der Waals surface area contributed by atoms with Crippen LogP contribution in [0.5, 0.6) is 0 Å². The van der Waals surface area contributed by atoms with Crippen LogP contribution in [0, 0.1) is 33.6 Å². The Bertz CT molecular complexity index is 1060. The van der Waals surface area contributed by atoms with Crippen molar-refractivity contribution in [2.75, 3.05) is 0 Å². The van der Waals surface area contributed by atoms with E-state index in [0.717, 1.165) is 0 Å². The van der Waals surface area contributed by atoms with Crippen molar-refractivity contribution in [3.63, 3.8) is 0 Å². The van der Waals surface area contributed by atoms with Crippen molar-refractivity contribution in [1.82, 2.24) is 0 Å². The Hall–Kier alpha value is -2.64. The van der Waals surface area contributed by atoms with Crippen molar-refractivity contribution < 1.29 is 0 Å². The molecule has 0 spiro atoms. The molecule has 0 aliphatic heterocycles. The number of aryl methyl sites for hydroxylation is 4. The van der Waals surface area contributed by atoms with E-state index in [2.05, 4.69) is 120 Å². The van der Waals surface area contributed by atoms with E-state index >= 15 is 0 Å². The Labute approximate surface area is 183 Å². The SMILES string of the molecule is CC1=C([Si](c2ccccc2)(c2cc(C)cc(C)c2)c2cc(C)cc(C)c2)C(C)C=C1. The maximum atomic E-state index is 2.45. The number of benzene rings is 3. The van der Waals surface area contributed by atoms with E-state index in [-0.39, 0.29) is 0 Å². The van der Waals surface area contributed by atoms with E-state index in [1.165, 1.54) is 43.4 Å². The Kier molecular flexibility index (Phi) is 5.42. The van der Waals surface area contributed by atoms with Crippen molar-refractivity contribution in [1.29, 1.82) is 0 Å². The monoisotopic (exact) mass is 408 g/mol. The second kappa shape index (κ2) is 7.89. The first-order chi connectivity index (χ1) is 14.3. The van der Waals surface area contributed by atoms with Crippen molar-refractivity contribution in [2.45, 2.75) is 41.5 Å². The highest BCUT2D eigenvalue weighted by molar-refractivity contribution is 7.16. The van der Waals surface area contributed by atoms with Crippen LogP contribution >= 0.6 is 0 Å². The van der Waals surface area contributed by atoms with Gasteiger partial charge in [0, 0.05) is 0 Å². The maximum absolute atomic E-state index is 2.45. The highest BCUT2D eigenvalue weighted by atomic mass is 28.3. The van der Waals surface area contributed by atoms with Crippen LogP contribution in [0.4, 0.5) is 0 Å². The Balaban J connectivity index is 2.21. The van der Waals surface area contributed by atoms with E-state index in [1.807, 2.05) is 0 Å². The summed E-state index contributed by atoms with van der Waals surface area (Å²) in [7, 11) is -2.43. The predicted octanol–water partition coefficient (Wildman–Crippen LogP) is 5.45. The number of rotatable bonds is 4. The molecule has 0 bridgehead atoms. The molecule has 3 aromatic carbocycles. The molecule has 0 aromatic heterocycles. The third kappa shape index (κ3) is 3.42. The van der Waals surface area contributed by atoms with Crippen LogP contribution in [0.15, 0.2) is 89.7 Å². The van der Waals surface area contributed by atoms with Gasteiger partial charge in [-0.1, -0.05) is 119 Å². The highest BCUT2D eigenvalue weighted by Gasteiger charge is 2.46. The summed E-state index contributed by atoms with van der Waals surface area (Å²) in [5.41, 5.74) is 6.83. The third-order valence-corrected chi connectivity index (χ3v) is 11.6. The zero-order valence-electron chi connectivity index (χ0n) is 19.1. The molecule has 0 saturated carbocycles. The molecule has 1 aliphatic carbocycles. The van der Waals surface area contributed by atoms with E-state index in [4.69, 9.17) is 0 Å². The third-order valence-electron chi connectivity index (χ3n) is 6.44. The van der Waals surface area contributed by atoms with Crippen LogP contribution < -0.4 is 15.6 Å². The average molecular weight is 409 g/mol. The van der Waals surface area contributed by atoms with Gasteiger partial charge in [0.2, 0.25) is 0 Å². The Morgan fingerprint density at radius 1 is 0.600 bits per heavy atom. The van der Waals surface area contributed by atoms with Crippen LogP contribution in [0.3, 0.4) is 0 Å². The lowest BCUT2D eigenvalue weighted by Crippen LogP contribution is -2.69. The van der Waals surface area contributed by atoms with Crippen molar-refractivity contribution in [3.8, 4) is 0 Å². The number of allylic oxidation sites excluding steroid dienone is 4. The van der Waals surface area contributed by atoms with Crippen molar-refractivity contribution in [2.24, 2.45) is 5.92 Å². The molecule has 0 fully saturated rings. The normalized spacial score (nSPS) is 16.4. The van der Waals surface area contributed by atoms with Crippen LogP contribution in [0.1, 0.15) is 36.1 Å². The van der Waals surface area contributed by atoms with E-state index in [0.29, 0.717) is 5.92 Å². The number of hydrogen-bond donors (Lipinski definition) is 0. The van der Waals surface area contributed by atoms with Crippen molar-refractivity contribution >= 4 is 23.6 Å². The summed E-state index contributed by atoms with van der Waals surface area (Å²) in [6.07, 6.45) is 4.73. The molecule has 0 saturated heterocycles. The van der Waals surface area contributed by atoms with Gasteiger partial charge in [-0.05, 0) is 56.1 Å². The van der Waals surface area contributed by atoms with Crippen LogP contribution in [0.25, 0.3) is 0 Å². The fourth-order valence-electron chi connectivity index (χ4n) is 5.51. The molecule has 1 atom stereocenters. The smallest absolute Gasteiger partial charge is 0.0777 e. The molecule has 3 aromatic rings. The molecule has 0 heterocycles. The summed E-state index contributed by atoms with van der Waals surface area (Å²) in [6.45, 7) is 13.6. The molecule has 0 amide bonds. The molecular weight excluding hydrogens is 376 g/mol. The summed E-state index contributed by atoms with van der Waals surface area (Å²) in [5.74, 6) is 0.443. The summed E-state index contributed by atoms with van der Waals surface area (Å²) >= 11 is 0. The zero-order chi connectivity index (χ0) is 21.5. The summed E-state index contributed by atoms with van der Waals surface area (Å²) in [6, 6.07) is 25.7. The van der Waals surface area contributed by atoms with Gasteiger partial charge in [-0.15, -0.1) is 0 Å². The lowest BCUT2D eigenvalue weighted by molar-refractivity contribution is 0.924. The molecule has 0 N–H and O–H groups in total. The highest BCUT2D eigenvalue weighted by Crippen LogP contribution is 2.33. The van der Waals surface area contributed by atoms with Crippen molar-refractivity contribution in [3.05, 3.63) is 112 Å². The molecule has 1 unspecified atom stereocenters. The molecule has 0 radical (unpaired) electrons. The largest absolute Gasteiger partial charge is 0.176 e. The van der Waals surface area contributed by atoms with Crippen LogP contribution in [-0.4, -0.2) is 8.07 Å². The minimum absolute atomic E-state index is 0.443. The second-order valence-corrected chi connectivity index (χ2v) is 12.9. The molecule has 0 nitrogen and oxygen atoms in total. The molecule has 1 aliphatic rings. The van der Waals surface area contributed by atoms with Gasteiger partial charge < -0.3 is 0 Å². The first-order valence-electron chi connectivity index (χ1n) is 10.9. The van der Waals surface area contributed by atoms with Gasteiger partial charge in [-0.2, -0.15) is 0 Å². The van der Waals surface area contributed by atoms with Crippen LogP contribution in [-0.2, 0) is 0 Å². The molecule has 4 rings (SSSR count). The molecule has 30 heavy (non-hydrogen) atoms. The minimum Gasteiger partial charge on any atom is -0.0777 e. The maximum Gasteiger partial charge on any atom is 0.176 e. The molecule has 1 heteroatoms. The van der Waals surface area contributed by atoms with E-state index < -0.39 is 8.07 Å². The summed E-state index contributed by atoms with van der Waals surface area (Å²) in [4.78, 5) is 0. The fraction of sp³-hybridized carbons (Fsp3) is 0.241. The van der Waals surface area contributed by atoms with Gasteiger partial charge in [0.25, 0.3) is 0 Å². The quantitative estimate of drug-likeness (QED) is 0.398. The van der Waals surface area contributed by atoms with Gasteiger partial charge in [0.05, 0.1) is 0 Å². The van der Waals surface area contributed by atoms with Crippen LogP contribution in [0.2, 0.25) is 0 Å². The average Bonchev–Trinajstić information content (AvgIpc) is 3.01. The van der Waals surface area contributed by atoms with Gasteiger partial charge >= 0.3 is 0 Å². The lowest BCUT2D eigenvalue weighted by atomic mass is 10.1. The summed E-state index contributed by atoms with van der Waals surface area (Å²) < 4.78 is 0. The topological polar surface area (TPSA) is 0 Å². The Morgan fingerprint density at radius 3 is 1.47 bits per heavy atom. The minimum atomic E-state index is -2.43. The zero-order valence-corrected chi connectivity index (χ0v) is 20.1. The lowest BCUT2D eigenvalue weighted by Gasteiger charge is -2.39. The van der Waals surface area contributed by atoms with Gasteiger partial charge in [0.15, 0.2) is 8.07 Å². The van der Waals surface area contributed by atoms with E-state index in [1.54, 1.807) is 5.20 Å². The molecular formula is C29H32Si. The summed E-state index contributed by atoms with van der Waals surface area (Å²) in [5, 5.41) is 6.11. The van der Waals surface area contributed by atoms with Gasteiger partial charge in [-0.3, -0.25) is 0 Å². The number of hydrogen-bond acceptors (Lipinski definition) is 0. The first kappa shape index (κ1) is 20.6. The first-order valence-corrected chi connectivity index (χ1v) is 12.9. The predicted molar refractivity (Wildman–Crippen MR) is 134 cm³/mol. The van der Waals surface area contributed by atoms with E-state index in [9.17, 15) is 0 Å². The standard InChI is InChI=1S/C29H32Si/c1-20-14-21(2)17-27(16-20)30(26-10-8-7-9-11-26,29-24(5)12-13-25(29)6)28-18-22(3)15-23(4)19-28/h7-19,24H,1-6H3.